The molecule has 11 nitrogen and oxygen atoms in total. The van der Waals surface area contributed by atoms with E-state index in [1.165, 1.54) is 25.4 Å². The van der Waals surface area contributed by atoms with Gasteiger partial charge in [0.05, 0.1) is 17.7 Å². The molecule has 1 saturated carbocycles. The topological polar surface area (TPSA) is 128 Å². The molecule has 0 spiro atoms. The second kappa shape index (κ2) is 10.9. The van der Waals surface area contributed by atoms with Crippen LogP contribution in [0.2, 0.25) is 0 Å². The molecular formula is C30H35N5O6. The molecule has 0 radical (unpaired) electrons. The van der Waals surface area contributed by atoms with E-state index in [-0.39, 0.29) is 17.9 Å². The summed E-state index contributed by atoms with van der Waals surface area (Å²) < 4.78 is 23.3. The van der Waals surface area contributed by atoms with E-state index in [0.717, 1.165) is 24.3 Å². The van der Waals surface area contributed by atoms with Crippen LogP contribution in [0, 0.1) is 11.8 Å². The molecule has 2 atom stereocenters. The molecule has 3 aliphatic rings. The fourth-order valence-electron chi connectivity index (χ4n) is 4.93. The molecule has 11 heteroatoms. The molecule has 2 unspecified atom stereocenters. The summed E-state index contributed by atoms with van der Waals surface area (Å²) in [7, 11) is 0. The van der Waals surface area contributed by atoms with Gasteiger partial charge in [-0.05, 0) is 64.0 Å². The first kappa shape index (κ1) is 26.9. The van der Waals surface area contributed by atoms with Gasteiger partial charge < -0.3 is 34.1 Å². The minimum Gasteiger partial charge on any atom is -0.493 e. The van der Waals surface area contributed by atoms with E-state index in [4.69, 9.17) is 18.9 Å². The molecular weight excluding hydrogens is 526 g/mol. The molecule has 41 heavy (non-hydrogen) atoms. The lowest BCUT2D eigenvalue weighted by Crippen LogP contribution is -2.36. The van der Waals surface area contributed by atoms with Crippen LogP contribution in [-0.4, -0.2) is 63.7 Å². The highest BCUT2D eigenvalue weighted by Crippen LogP contribution is 2.36. The van der Waals surface area contributed by atoms with Crippen molar-refractivity contribution < 1.29 is 28.5 Å². The van der Waals surface area contributed by atoms with Crippen LogP contribution in [0.25, 0.3) is 16.8 Å². The van der Waals surface area contributed by atoms with Gasteiger partial charge in [-0.3, -0.25) is 4.79 Å². The Balaban J connectivity index is 1.07. The fourth-order valence-corrected chi connectivity index (χ4v) is 4.93. The Kier molecular flexibility index (Phi) is 7.19. The molecule has 2 amide bonds. The third-order valence-corrected chi connectivity index (χ3v) is 7.28. The van der Waals surface area contributed by atoms with Gasteiger partial charge in [-0.2, -0.15) is 0 Å². The number of hydrogen-bond donors (Lipinski definition) is 2. The summed E-state index contributed by atoms with van der Waals surface area (Å²) in [5.41, 5.74) is 2.26. The van der Waals surface area contributed by atoms with Crippen LogP contribution < -0.4 is 10.1 Å². The second-order valence-electron chi connectivity index (χ2n) is 11.8. The Labute approximate surface area is 238 Å². The molecule has 3 aromatic rings. The number of fused-ring (bicyclic) bond motifs is 1. The van der Waals surface area contributed by atoms with Crippen molar-refractivity contribution >= 4 is 28.8 Å². The highest BCUT2D eigenvalue weighted by atomic mass is 16.7. The van der Waals surface area contributed by atoms with Crippen molar-refractivity contribution in [1.82, 2.24) is 25.2 Å². The van der Waals surface area contributed by atoms with Gasteiger partial charge in [0.1, 0.15) is 35.2 Å². The number of carbonyl (C=O) groups is 2. The highest BCUT2D eigenvalue weighted by Gasteiger charge is 2.31. The monoisotopic (exact) mass is 561 g/mol. The molecule has 4 heterocycles. The van der Waals surface area contributed by atoms with Crippen LogP contribution in [0.5, 0.6) is 5.75 Å². The van der Waals surface area contributed by atoms with Gasteiger partial charge in [0.15, 0.2) is 5.76 Å². The lowest BCUT2D eigenvalue weighted by atomic mass is 10.1. The van der Waals surface area contributed by atoms with Crippen molar-refractivity contribution in [2.45, 2.75) is 51.9 Å². The van der Waals surface area contributed by atoms with Crippen LogP contribution in [-0.2, 0) is 14.2 Å². The highest BCUT2D eigenvalue weighted by molar-refractivity contribution is 6.06. The standard InChI is InChI=1S/C30H35N5O6/c1-30(2,3)41-29(37)35-10-9-19(14-35)12-32-27(36)22-13-31-26-24(22)33-17-34-25(26)23-16-39-28(40-23)20-5-4-6-21(11-20)38-15-18-7-8-18/h4-6,11,13,16-19,28,31H,7-10,12,14-15H2,1-3H3,(H,32,36). The Bertz CT molecular complexity index is 1470. The SMILES string of the molecule is CC(C)(C)OC(=O)N1CCC(CNC(=O)c2c[nH]c3c(C4=COC(c5cccc(OCC6CC6)c5)O4)ncnc23)C1. The molecule has 216 valence electrons. The zero-order chi connectivity index (χ0) is 28.6. The summed E-state index contributed by atoms with van der Waals surface area (Å²) in [6.45, 7) is 7.86. The van der Waals surface area contributed by atoms with Crippen LogP contribution >= 0.6 is 0 Å². The summed E-state index contributed by atoms with van der Waals surface area (Å²) in [6, 6.07) is 7.70. The van der Waals surface area contributed by atoms with Crippen molar-refractivity contribution in [3.05, 3.63) is 59.9 Å². The smallest absolute Gasteiger partial charge is 0.410 e. The third kappa shape index (κ3) is 6.23. The number of rotatable bonds is 8. The largest absolute Gasteiger partial charge is 0.493 e. The van der Waals surface area contributed by atoms with Gasteiger partial charge in [0.2, 0.25) is 0 Å². The van der Waals surface area contributed by atoms with Crippen LogP contribution in [0.1, 0.15) is 67.9 Å². The van der Waals surface area contributed by atoms with E-state index in [0.29, 0.717) is 53.6 Å². The number of nitrogens with one attached hydrogen (secondary N) is 2. The second-order valence-corrected chi connectivity index (χ2v) is 11.8. The minimum absolute atomic E-state index is 0.144. The molecule has 1 aromatic carbocycles. The molecule has 6 rings (SSSR count). The van der Waals surface area contributed by atoms with E-state index in [1.54, 1.807) is 11.1 Å². The van der Waals surface area contributed by atoms with Gasteiger partial charge >= 0.3 is 6.09 Å². The van der Waals surface area contributed by atoms with Crippen molar-refractivity contribution in [3.63, 3.8) is 0 Å². The van der Waals surface area contributed by atoms with Crippen LogP contribution in [0.3, 0.4) is 0 Å². The normalized spacial score (nSPS) is 20.4. The Morgan fingerprint density at radius 2 is 2.02 bits per heavy atom. The lowest BCUT2D eigenvalue weighted by molar-refractivity contribution is -0.0173. The molecule has 1 saturated heterocycles. The Morgan fingerprint density at radius 1 is 1.17 bits per heavy atom. The number of benzene rings is 1. The lowest BCUT2D eigenvalue weighted by Gasteiger charge is -2.24. The molecule has 1 aliphatic carbocycles. The summed E-state index contributed by atoms with van der Waals surface area (Å²) in [5, 5.41) is 2.99. The zero-order valence-corrected chi connectivity index (χ0v) is 23.5. The first-order chi connectivity index (χ1) is 19.7. The van der Waals surface area contributed by atoms with Gasteiger partial charge in [0.25, 0.3) is 12.2 Å². The molecule has 2 N–H and O–H groups in total. The van der Waals surface area contributed by atoms with Gasteiger partial charge in [-0.1, -0.05) is 12.1 Å². The summed E-state index contributed by atoms with van der Waals surface area (Å²) in [6.07, 6.45) is 6.85. The molecule has 2 aromatic heterocycles. The number of hydrogen-bond acceptors (Lipinski definition) is 8. The first-order valence-electron chi connectivity index (χ1n) is 14.1. The minimum atomic E-state index is -0.635. The maximum Gasteiger partial charge on any atom is 0.410 e. The van der Waals surface area contributed by atoms with Crippen LogP contribution in [0.15, 0.2) is 43.1 Å². The van der Waals surface area contributed by atoms with Crippen molar-refractivity contribution in [2.24, 2.45) is 11.8 Å². The third-order valence-electron chi connectivity index (χ3n) is 7.28. The number of ether oxygens (including phenoxy) is 4. The summed E-state index contributed by atoms with van der Waals surface area (Å²) in [4.78, 5) is 39.0. The first-order valence-corrected chi connectivity index (χ1v) is 14.1. The average Bonchev–Trinajstić information content (AvgIpc) is 3.32. The van der Waals surface area contributed by atoms with Crippen molar-refractivity contribution in [3.8, 4) is 5.75 Å². The number of H-pyrrole nitrogens is 1. The number of nitrogens with zero attached hydrogens (tertiary/aromatic N) is 3. The van der Waals surface area contributed by atoms with Gasteiger partial charge in [-0.25, -0.2) is 14.8 Å². The summed E-state index contributed by atoms with van der Waals surface area (Å²) >= 11 is 0. The zero-order valence-electron chi connectivity index (χ0n) is 23.5. The quantitative estimate of drug-likeness (QED) is 0.402. The van der Waals surface area contributed by atoms with Crippen molar-refractivity contribution in [2.75, 3.05) is 26.2 Å². The van der Waals surface area contributed by atoms with E-state index in [1.807, 2.05) is 45.0 Å². The number of carbonyl (C=O) groups excluding carboxylic acids is 2. The van der Waals surface area contributed by atoms with E-state index >= 15 is 0 Å². The molecule has 0 bridgehead atoms. The summed E-state index contributed by atoms with van der Waals surface area (Å²) in [5.74, 6) is 1.78. The number of aromatic nitrogens is 3. The number of likely N-dealkylation sites (tertiary alicyclic amines) is 1. The number of aromatic amines is 1. The Hall–Kier alpha value is -4.28. The maximum atomic E-state index is 13.1. The molecule has 2 aliphatic heterocycles. The maximum absolute atomic E-state index is 13.1. The van der Waals surface area contributed by atoms with Gasteiger partial charge in [-0.15, -0.1) is 0 Å². The van der Waals surface area contributed by atoms with Gasteiger partial charge in [0, 0.05) is 31.4 Å². The van der Waals surface area contributed by atoms with E-state index < -0.39 is 11.9 Å². The predicted molar refractivity (Wildman–Crippen MR) is 150 cm³/mol. The van der Waals surface area contributed by atoms with E-state index in [9.17, 15) is 9.59 Å². The average molecular weight is 562 g/mol. The van der Waals surface area contributed by atoms with Crippen LogP contribution in [0.4, 0.5) is 4.79 Å². The van der Waals surface area contributed by atoms with E-state index in [2.05, 4.69) is 20.3 Å². The fraction of sp³-hybridized carbons (Fsp3) is 0.467. The molecule has 2 fully saturated rings. The van der Waals surface area contributed by atoms with Crippen molar-refractivity contribution in [1.29, 1.82) is 0 Å². The number of amides is 2. The predicted octanol–water partition coefficient (Wildman–Crippen LogP) is 4.78. The Morgan fingerprint density at radius 3 is 2.83 bits per heavy atom.